The van der Waals surface area contributed by atoms with Crippen LogP contribution in [-0.2, 0) is 4.57 Å². The van der Waals surface area contributed by atoms with E-state index in [4.69, 9.17) is 0 Å². The van der Waals surface area contributed by atoms with Gasteiger partial charge in [0.2, 0.25) is 0 Å². The number of hydrogen-bond acceptors (Lipinski definition) is 3. The van der Waals surface area contributed by atoms with Crippen LogP contribution in [0.4, 0.5) is 0 Å². The Kier molecular flexibility index (Phi) is 4.65. The summed E-state index contributed by atoms with van der Waals surface area (Å²) in [4.78, 5) is 0.697. The topological polar surface area (TPSA) is 37.3 Å². The van der Waals surface area contributed by atoms with Crippen molar-refractivity contribution < 1.29 is 9.67 Å². The largest absolute Gasteiger partial charge is 0.379 e. The maximum Gasteiger partial charge on any atom is 0.175 e. The van der Waals surface area contributed by atoms with Crippen LogP contribution in [0, 0.1) is 0 Å². The molecule has 1 atom stereocenters. The second kappa shape index (κ2) is 6.51. The molecule has 2 nitrogen and oxygen atoms in total. The smallest absolute Gasteiger partial charge is 0.175 e. The first-order valence-corrected chi connectivity index (χ1v) is 10.2. The molecule has 0 bridgehead atoms. The fraction of sp³-hybridized carbons (Fsp3) is 0.0588. The van der Waals surface area contributed by atoms with Crippen LogP contribution in [0.25, 0.3) is 0 Å². The minimum Gasteiger partial charge on any atom is -0.379 e. The van der Waals surface area contributed by atoms with Gasteiger partial charge in [0.25, 0.3) is 0 Å². The number of benzene rings is 2. The summed E-state index contributed by atoms with van der Waals surface area (Å²) in [7, 11) is -3.18. The van der Waals surface area contributed by atoms with Crippen molar-refractivity contribution >= 4 is 45.0 Å². The predicted octanol–water partition coefficient (Wildman–Crippen LogP) is 4.52. The molecule has 0 saturated heterocycles. The van der Waals surface area contributed by atoms with E-state index in [2.05, 4.69) is 15.9 Å². The minimum absolute atomic E-state index is 0.665. The molecule has 0 aliphatic carbocycles. The monoisotopic (exact) mass is 392 g/mol. The van der Waals surface area contributed by atoms with Crippen molar-refractivity contribution in [3.63, 3.8) is 0 Å². The van der Waals surface area contributed by atoms with E-state index in [1.165, 1.54) is 11.3 Å². The van der Waals surface area contributed by atoms with Crippen molar-refractivity contribution in [3.05, 3.63) is 81.5 Å². The standard InChI is InChI=1S/C17H14BrO2PS/c18-13-11-16(22-12-13)17(19)21(20,14-7-3-1-4-8-14)15-9-5-2-6-10-15/h1-12,17,19H/t17-/m1/s1. The lowest BCUT2D eigenvalue weighted by atomic mass is 10.4. The molecule has 5 heteroatoms. The van der Waals surface area contributed by atoms with Gasteiger partial charge in [0.15, 0.2) is 7.14 Å². The molecule has 0 spiro atoms. The Balaban J connectivity index is 2.18. The first-order valence-electron chi connectivity index (χ1n) is 6.75. The predicted molar refractivity (Wildman–Crippen MR) is 96.7 cm³/mol. The van der Waals surface area contributed by atoms with Gasteiger partial charge >= 0.3 is 0 Å². The van der Waals surface area contributed by atoms with Crippen LogP contribution in [0.15, 0.2) is 76.6 Å². The van der Waals surface area contributed by atoms with Gasteiger partial charge < -0.3 is 9.67 Å². The molecule has 1 aromatic heterocycles. The van der Waals surface area contributed by atoms with Crippen LogP contribution < -0.4 is 10.6 Å². The quantitative estimate of drug-likeness (QED) is 0.662. The molecule has 0 unspecified atom stereocenters. The van der Waals surface area contributed by atoms with Crippen LogP contribution in [0.3, 0.4) is 0 Å². The number of aliphatic hydroxyl groups excluding tert-OH is 1. The molecule has 0 radical (unpaired) electrons. The van der Waals surface area contributed by atoms with Crippen molar-refractivity contribution in [2.24, 2.45) is 0 Å². The number of halogens is 1. The SMILES string of the molecule is O=P(c1ccccc1)(c1ccccc1)[C@@H](O)c1cc(Br)cs1. The summed E-state index contributed by atoms with van der Waals surface area (Å²) in [5, 5.41) is 14.1. The Morgan fingerprint density at radius 2 is 1.45 bits per heavy atom. The second-order valence-corrected chi connectivity index (χ2v) is 9.57. The van der Waals surface area contributed by atoms with Crippen molar-refractivity contribution in [3.8, 4) is 0 Å². The van der Waals surface area contributed by atoms with Crippen molar-refractivity contribution in [1.29, 1.82) is 0 Å². The van der Waals surface area contributed by atoms with Crippen LogP contribution in [0.2, 0.25) is 0 Å². The molecule has 0 aliphatic rings. The summed E-state index contributed by atoms with van der Waals surface area (Å²) in [5.41, 5.74) is 0. The van der Waals surface area contributed by atoms with Crippen LogP contribution in [0.5, 0.6) is 0 Å². The van der Waals surface area contributed by atoms with Crippen molar-refractivity contribution in [2.45, 2.75) is 5.85 Å². The lowest BCUT2D eigenvalue weighted by molar-refractivity contribution is 0.260. The molecule has 3 rings (SSSR count). The zero-order chi connectivity index (χ0) is 15.6. The molecule has 0 fully saturated rings. The molecule has 2 aromatic carbocycles. The fourth-order valence-corrected chi connectivity index (χ4v) is 6.84. The third-order valence-corrected chi connectivity index (χ3v) is 8.48. The number of hydrogen-bond donors (Lipinski definition) is 1. The molecule has 1 N–H and O–H groups in total. The summed E-state index contributed by atoms with van der Waals surface area (Å²) in [5.74, 6) is -1.05. The van der Waals surface area contributed by atoms with E-state index in [1.54, 1.807) is 0 Å². The van der Waals surface area contributed by atoms with Gasteiger partial charge in [-0.05, 0) is 22.0 Å². The molecule has 0 saturated carbocycles. The summed E-state index contributed by atoms with van der Waals surface area (Å²) >= 11 is 4.79. The van der Waals surface area contributed by atoms with E-state index in [0.29, 0.717) is 15.5 Å². The lowest BCUT2D eigenvalue weighted by Gasteiger charge is -2.24. The molecular weight excluding hydrogens is 379 g/mol. The van der Waals surface area contributed by atoms with Crippen LogP contribution >= 0.6 is 34.4 Å². The van der Waals surface area contributed by atoms with Gasteiger partial charge in [0.1, 0.15) is 5.85 Å². The first kappa shape index (κ1) is 15.7. The van der Waals surface area contributed by atoms with Gasteiger partial charge in [-0.15, -0.1) is 11.3 Å². The van der Waals surface area contributed by atoms with E-state index in [0.717, 1.165) is 4.47 Å². The van der Waals surface area contributed by atoms with Gasteiger partial charge in [-0.2, -0.15) is 0 Å². The third-order valence-electron chi connectivity index (χ3n) is 3.47. The van der Waals surface area contributed by atoms with E-state index in [9.17, 15) is 9.67 Å². The maximum absolute atomic E-state index is 13.9. The molecule has 1 heterocycles. The van der Waals surface area contributed by atoms with E-state index < -0.39 is 13.0 Å². The highest BCUT2D eigenvalue weighted by Gasteiger charge is 2.37. The zero-order valence-electron chi connectivity index (χ0n) is 11.6. The highest BCUT2D eigenvalue weighted by Crippen LogP contribution is 2.56. The fourth-order valence-electron chi connectivity index (χ4n) is 2.37. The van der Waals surface area contributed by atoms with Crippen molar-refractivity contribution in [2.75, 3.05) is 0 Å². The summed E-state index contributed by atoms with van der Waals surface area (Å²) in [6.45, 7) is 0. The summed E-state index contributed by atoms with van der Waals surface area (Å²) in [6, 6.07) is 20.3. The summed E-state index contributed by atoms with van der Waals surface area (Å²) in [6.07, 6.45) is 0. The molecule has 0 aliphatic heterocycles. The molecule has 112 valence electrons. The first-order chi connectivity index (χ1) is 10.6. The average Bonchev–Trinajstić information content (AvgIpc) is 3.01. The molecule has 0 amide bonds. The van der Waals surface area contributed by atoms with Gasteiger partial charge in [-0.1, -0.05) is 60.7 Å². The number of rotatable bonds is 4. The molecule has 22 heavy (non-hydrogen) atoms. The van der Waals surface area contributed by atoms with Gasteiger partial charge in [-0.3, -0.25) is 0 Å². The Morgan fingerprint density at radius 1 is 0.955 bits per heavy atom. The lowest BCUT2D eigenvalue weighted by Crippen LogP contribution is -2.20. The zero-order valence-corrected chi connectivity index (χ0v) is 14.9. The second-order valence-electron chi connectivity index (χ2n) is 4.87. The number of aliphatic hydroxyl groups is 1. The highest BCUT2D eigenvalue weighted by molar-refractivity contribution is 9.10. The van der Waals surface area contributed by atoms with E-state index in [1.807, 2.05) is 72.1 Å². The molecular formula is C17H14BrO2PS. The summed E-state index contributed by atoms with van der Waals surface area (Å²) < 4.78 is 14.8. The minimum atomic E-state index is -3.18. The van der Waals surface area contributed by atoms with Crippen LogP contribution in [-0.4, -0.2) is 5.11 Å². The highest BCUT2D eigenvalue weighted by atomic mass is 79.9. The normalized spacial score (nSPS) is 13.0. The Hall–Kier alpha value is -1.19. The van der Waals surface area contributed by atoms with Gasteiger partial charge in [0.05, 0.1) is 0 Å². The Labute approximate surface area is 142 Å². The Bertz CT molecular complexity index is 758. The van der Waals surface area contributed by atoms with E-state index in [-0.39, 0.29) is 0 Å². The van der Waals surface area contributed by atoms with Gasteiger partial charge in [-0.25, -0.2) is 0 Å². The number of thiophene rings is 1. The van der Waals surface area contributed by atoms with Gasteiger partial charge in [0, 0.05) is 25.3 Å². The average molecular weight is 393 g/mol. The Morgan fingerprint density at radius 3 is 1.86 bits per heavy atom. The van der Waals surface area contributed by atoms with E-state index >= 15 is 0 Å². The van der Waals surface area contributed by atoms with Crippen LogP contribution in [0.1, 0.15) is 10.7 Å². The van der Waals surface area contributed by atoms with Crippen molar-refractivity contribution in [1.82, 2.24) is 0 Å². The third kappa shape index (κ3) is 2.84. The maximum atomic E-state index is 13.9. The molecule has 3 aromatic rings.